The van der Waals surface area contributed by atoms with Crippen LogP contribution >= 0.6 is 0 Å². The molecule has 204 valence electrons. The number of carbonyl (C=O) groups is 2. The molecule has 0 spiro atoms. The van der Waals surface area contributed by atoms with Crippen molar-refractivity contribution in [3.05, 3.63) is 78.1 Å². The molecular weight excluding hydrogens is 501 g/mol. The lowest BCUT2D eigenvalue weighted by Crippen LogP contribution is -2.50. The maximum Gasteiger partial charge on any atom is 0.249 e. The summed E-state index contributed by atoms with van der Waals surface area (Å²) in [5.41, 5.74) is 1.34. The Morgan fingerprint density at radius 1 is 1.05 bits per heavy atom. The van der Waals surface area contributed by atoms with Crippen molar-refractivity contribution in [2.24, 2.45) is 0 Å². The topological polar surface area (TPSA) is 98.6 Å². The van der Waals surface area contributed by atoms with Gasteiger partial charge in [-0.1, -0.05) is 29.5 Å². The SMILES string of the molecule is CCOc1ccc([C@@H](C(=O)NC(C)(C)C)N(C(=O)Cn2nnc3ccccc32)c2cccc(F)c2)cc1OC. The number of halogens is 1. The average Bonchev–Trinajstić information content (AvgIpc) is 3.29. The minimum atomic E-state index is -1.17. The molecule has 0 aliphatic rings. The molecule has 0 radical (unpaired) electrons. The minimum absolute atomic E-state index is 0.214. The van der Waals surface area contributed by atoms with E-state index in [0.717, 1.165) is 0 Å². The highest BCUT2D eigenvalue weighted by Gasteiger charge is 2.35. The number of rotatable bonds is 9. The van der Waals surface area contributed by atoms with Crippen LogP contribution in [-0.2, 0) is 16.1 Å². The van der Waals surface area contributed by atoms with Crippen LogP contribution in [0.5, 0.6) is 11.5 Å². The number of carbonyl (C=O) groups excluding carboxylic acids is 2. The van der Waals surface area contributed by atoms with Gasteiger partial charge in [0.15, 0.2) is 11.5 Å². The van der Waals surface area contributed by atoms with Gasteiger partial charge in [0, 0.05) is 11.2 Å². The van der Waals surface area contributed by atoms with E-state index in [-0.39, 0.29) is 12.2 Å². The van der Waals surface area contributed by atoms with E-state index in [1.54, 1.807) is 36.4 Å². The molecule has 0 bridgehead atoms. The molecule has 39 heavy (non-hydrogen) atoms. The maximum atomic E-state index is 14.5. The van der Waals surface area contributed by atoms with E-state index in [9.17, 15) is 14.0 Å². The van der Waals surface area contributed by atoms with Gasteiger partial charge in [0.2, 0.25) is 11.8 Å². The molecule has 4 aromatic rings. The van der Waals surface area contributed by atoms with Crippen molar-refractivity contribution in [2.75, 3.05) is 18.6 Å². The molecule has 0 unspecified atom stereocenters. The molecule has 1 aromatic heterocycles. The summed E-state index contributed by atoms with van der Waals surface area (Å²) in [4.78, 5) is 29.2. The number of nitrogens with one attached hydrogen (secondary N) is 1. The predicted octanol–water partition coefficient (Wildman–Crippen LogP) is 4.67. The molecule has 0 aliphatic carbocycles. The van der Waals surface area contributed by atoms with Crippen LogP contribution in [0.3, 0.4) is 0 Å². The molecule has 10 heteroatoms. The lowest BCUT2D eigenvalue weighted by Gasteiger charge is -2.34. The van der Waals surface area contributed by atoms with Gasteiger partial charge in [0.05, 0.1) is 19.2 Å². The molecular formula is C29H32FN5O4. The van der Waals surface area contributed by atoms with Crippen molar-refractivity contribution in [2.45, 2.75) is 45.8 Å². The fraction of sp³-hybridized carbons (Fsp3) is 0.310. The number of fused-ring (bicyclic) bond motifs is 1. The van der Waals surface area contributed by atoms with Crippen molar-refractivity contribution in [1.29, 1.82) is 0 Å². The molecule has 1 N–H and O–H groups in total. The number of hydrogen-bond donors (Lipinski definition) is 1. The van der Waals surface area contributed by atoms with E-state index in [1.165, 1.54) is 34.9 Å². The normalized spacial score (nSPS) is 12.2. The summed E-state index contributed by atoms with van der Waals surface area (Å²) in [6.07, 6.45) is 0. The van der Waals surface area contributed by atoms with Crippen molar-refractivity contribution in [1.82, 2.24) is 20.3 Å². The van der Waals surface area contributed by atoms with Crippen molar-refractivity contribution in [3.63, 3.8) is 0 Å². The van der Waals surface area contributed by atoms with Crippen LogP contribution in [0, 0.1) is 5.82 Å². The largest absolute Gasteiger partial charge is 0.493 e. The van der Waals surface area contributed by atoms with E-state index in [0.29, 0.717) is 34.7 Å². The summed E-state index contributed by atoms with van der Waals surface area (Å²) in [5.74, 6) is -0.586. The zero-order valence-corrected chi connectivity index (χ0v) is 22.6. The number of aromatic nitrogens is 3. The third kappa shape index (κ3) is 6.34. The molecule has 9 nitrogen and oxygen atoms in total. The van der Waals surface area contributed by atoms with Crippen LogP contribution in [0.2, 0.25) is 0 Å². The summed E-state index contributed by atoms with van der Waals surface area (Å²) in [6.45, 7) is 7.57. The second-order valence-electron chi connectivity index (χ2n) is 9.96. The van der Waals surface area contributed by atoms with Gasteiger partial charge in [0.25, 0.3) is 0 Å². The fourth-order valence-corrected chi connectivity index (χ4v) is 4.29. The van der Waals surface area contributed by atoms with E-state index in [4.69, 9.17) is 9.47 Å². The van der Waals surface area contributed by atoms with Crippen LogP contribution in [0.1, 0.15) is 39.3 Å². The number of para-hydroxylation sites is 1. The van der Waals surface area contributed by atoms with Gasteiger partial charge < -0.3 is 14.8 Å². The lowest BCUT2D eigenvalue weighted by atomic mass is 10.00. The molecule has 0 fully saturated rings. The number of benzene rings is 3. The first-order valence-corrected chi connectivity index (χ1v) is 12.6. The summed E-state index contributed by atoms with van der Waals surface area (Å²) >= 11 is 0. The summed E-state index contributed by atoms with van der Waals surface area (Å²) in [6, 6.07) is 16.7. The zero-order chi connectivity index (χ0) is 28.2. The van der Waals surface area contributed by atoms with Crippen LogP contribution in [0.25, 0.3) is 11.0 Å². The molecule has 2 amide bonds. The second kappa shape index (κ2) is 11.5. The van der Waals surface area contributed by atoms with E-state index in [2.05, 4.69) is 15.6 Å². The highest BCUT2D eigenvalue weighted by Crippen LogP contribution is 2.35. The number of anilines is 1. The van der Waals surface area contributed by atoms with E-state index >= 15 is 0 Å². The molecule has 1 heterocycles. The highest BCUT2D eigenvalue weighted by molar-refractivity contribution is 6.01. The fourth-order valence-electron chi connectivity index (χ4n) is 4.29. The Morgan fingerprint density at radius 3 is 2.51 bits per heavy atom. The quantitative estimate of drug-likeness (QED) is 0.336. The third-order valence-electron chi connectivity index (χ3n) is 5.87. The average molecular weight is 534 g/mol. The van der Waals surface area contributed by atoms with Gasteiger partial charge in [-0.05, 0) is 75.7 Å². The Labute approximate surface area is 226 Å². The Hall–Kier alpha value is -4.47. The molecule has 0 saturated carbocycles. The second-order valence-corrected chi connectivity index (χ2v) is 9.96. The lowest BCUT2D eigenvalue weighted by molar-refractivity contribution is -0.128. The van der Waals surface area contributed by atoms with Gasteiger partial charge in [-0.3, -0.25) is 14.5 Å². The van der Waals surface area contributed by atoms with Gasteiger partial charge in [0.1, 0.15) is 23.9 Å². The van der Waals surface area contributed by atoms with Crippen LogP contribution in [0.15, 0.2) is 66.7 Å². The van der Waals surface area contributed by atoms with Gasteiger partial charge in [-0.25, -0.2) is 9.07 Å². The molecule has 1 atom stereocenters. The smallest absolute Gasteiger partial charge is 0.249 e. The minimum Gasteiger partial charge on any atom is -0.493 e. The first kappa shape index (κ1) is 27.6. The first-order valence-electron chi connectivity index (χ1n) is 12.6. The van der Waals surface area contributed by atoms with Crippen LogP contribution in [-0.4, -0.2) is 46.1 Å². The highest BCUT2D eigenvalue weighted by atomic mass is 19.1. The first-order chi connectivity index (χ1) is 18.6. The zero-order valence-electron chi connectivity index (χ0n) is 22.6. The number of nitrogens with zero attached hydrogens (tertiary/aromatic N) is 4. The van der Waals surface area contributed by atoms with Crippen LogP contribution < -0.4 is 19.7 Å². The summed E-state index contributed by atoms with van der Waals surface area (Å²) in [7, 11) is 1.50. The Balaban J connectivity index is 1.86. The predicted molar refractivity (Wildman–Crippen MR) is 146 cm³/mol. The van der Waals surface area contributed by atoms with Crippen molar-refractivity contribution >= 4 is 28.5 Å². The number of hydrogen-bond acceptors (Lipinski definition) is 6. The van der Waals surface area contributed by atoms with Crippen LogP contribution in [0.4, 0.5) is 10.1 Å². The van der Waals surface area contributed by atoms with Gasteiger partial charge >= 0.3 is 0 Å². The molecule has 0 aliphatic heterocycles. The molecule has 0 saturated heterocycles. The number of amides is 2. The van der Waals surface area contributed by atoms with Gasteiger partial charge in [-0.2, -0.15) is 0 Å². The number of methoxy groups -OCH3 is 1. The summed E-state index contributed by atoms with van der Waals surface area (Å²) < 4.78 is 27.1. The van der Waals surface area contributed by atoms with Crippen molar-refractivity contribution < 1.29 is 23.5 Å². The standard InChI is InChI=1S/C29H32FN5O4/c1-6-39-24-15-14-19(16-25(24)38-5)27(28(37)31-29(2,3)4)35(21-11-9-10-20(30)17-21)26(36)18-34-23-13-8-7-12-22(23)32-33-34/h7-17,27H,6,18H2,1-5H3,(H,31,37)/t27-/m0/s1. The monoisotopic (exact) mass is 533 g/mol. The van der Waals surface area contributed by atoms with E-state index in [1.807, 2.05) is 39.8 Å². The number of ether oxygens (including phenoxy) is 2. The van der Waals surface area contributed by atoms with E-state index < -0.39 is 29.2 Å². The van der Waals surface area contributed by atoms with Crippen molar-refractivity contribution in [3.8, 4) is 11.5 Å². The summed E-state index contributed by atoms with van der Waals surface area (Å²) in [5, 5.41) is 11.2. The Kier molecular flexibility index (Phi) is 8.13. The molecule has 3 aromatic carbocycles. The van der Waals surface area contributed by atoms with Gasteiger partial charge in [-0.15, -0.1) is 5.10 Å². The Morgan fingerprint density at radius 2 is 1.82 bits per heavy atom. The molecule has 4 rings (SSSR count). The Bertz CT molecular complexity index is 1480. The third-order valence-corrected chi connectivity index (χ3v) is 5.87. The maximum absolute atomic E-state index is 14.5.